The highest BCUT2D eigenvalue weighted by Crippen LogP contribution is 2.25. The van der Waals surface area contributed by atoms with Crippen molar-refractivity contribution in [1.29, 1.82) is 0 Å². The summed E-state index contributed by atoms with van der Waals surface area (Å²) < 4.78 is 1.98. The summed E-state index contributed by atoms with van der Waals surface area (Å²) >= 11 is 0. The molecule has 0 bridgehead atoms. The van der Waals surface area contributed by atoms with Crippen LogP contribution in [0.25, 0.3) is 0 Å². The first-order chi connectivity index (χ1) is 8.38. The Morgan fingerprint density at radius 1 is 1.33 bits per heavy atom. The van der Waals surface area contributed by atoms with Crippen molar-refractivity contribution in [1.82, 2.24) is 9.78 Å². The highest BCUT2D eigenvalue weighted by atomic mass is 15.4. The van der Waals surface area contributed by atoms with Crippen LogP contribution in [0.15, 0.2) is 0 Å². The predicted octanol–water partition coefficient (Wildman–Crippen LogP) is 2.10. The zero-order valence-electron chi connectivity index (χ0n) is 12.7. The van der Waals surface area contributed by atoms with Gasteiger partial charge in [0, 0.05) is 25.7 Å². The van der Waals surface area contributed by atoms with Crippen LogP contribution in [-0.2, 0) is 13.5 Å². The molecule has 1 aromatic heterocycles. The summed E-state index contributed by atoms with van der Waals surface area (Å²) in [5.74, 6) is 1.92. The van der Waals surface area contributed by atoms with E-state index in [1.807, 2.05) is 11.7 Å². The first-order valence-electron chi connectivity index (χ1n) is 6.83. The molecule has 0 aromatic carbocycles. The van der Waals surface area contributed by atoms with Crippen molar-refractivity contribution in [2.45, 2.75) is 46.6 Å². The molecule has 0 fully saturated rings. The molecule has 4 nitrogen and oxygen atoms in total. The van der Waals surface area contributed by atoms with Crippen LogP contribution in [0, 0.1) is 12.8 Å². The van der Waals surface area contributed by atoms with Crippen molar-refractivity contribution in [2.75, 3.05) is 18.5 Å². The van der Waals surface area contributed by atoms with Crippen LogP contribution in [-0.4, -0.2) is 29.4 Å². The number of aryl methyl sites for hydroxylation is 2. The normalized spacial score (nSPS) is 13.1. The fourth-order valence-corrected chi connectivity index (χ4v) is 2.62. The first-order valence-corrected chi connectivity index (χ1v) is 6.83. The second-order valence-corrected chi connectivity index (χ2v) is 5.64. The Hall–Kier alpha value is -1.03. The molecule has 104 valence electrons. The van der Waals surface area contributed by atoms with Crippen molar-refractivity contribution >= 4 is 5.82 Å². The van der Waals surface area contributed by atoms with Crippen LogP contribution in [0.4, 0.5) is 5.82 Å². The number of nitrogens with two attached hydrogens (primary N) is 1. The van der Waals surface area contributed by atoms with Crippen molar-refractivity contribution in [3.05, 3.63) is 11.3 Å². The van der Waals surface area contributed by atoms with Gasteiger partial charge in [-0.1, -0.05) is 13.8 Å². The molecule has 2 N–H and O–H groups in total. The fraction of sp³-hybridized carbons (Fsp3) is 0.786. The molecule has 18 heavy (non-hydrogen) atoms. The molecule has 0 saturated heterocycles. The lowest BCUT2D eigenvalue weighted by molar-refractivity contribution is 0.496. The van der Waals surface area contributed by atoms with Crippen LogP contribution >= 0.6 is 0 Å². The van der Waals surface area contributed by atoms with E-state index in [0.717, 1.165) is 12.1 Å². The van der Waals surface area contributed by atoms with Gasteiger partial charge in [0.25, 0.3) is 0 Å². The van der Waals surface area contributed by atoms with E-state index in [4.69, 9.17) is 5.73 Å². The summed E-state index contributed by atoms with van der Waals surface area (Å²) in [6.45, 7) is 9.54. The van der Waals surface area contributed by atoms with Gasteiger partial charge >= 0.3 is 0 Å². The Morgan fingerprint density at radius 2 is 1.94 bits per heavy atom. The second-order valence-electron chi connectivity index (χ2n) is 5.64. The van der Waals surface area contributed by atoms with Crippen LogP contribution in [0.1, 0.15) is 38.4 Å². The maximum atomic E-state index is 5.71. The van der Waals surface area contributed by atoms with Gasteiger partial charge in [-0.25, -0.2) is 0 Å². The van der Waals surface area contributed by atoms with Gasteiger partial charge in [0.05, 0.1) is 5.69 Å². The smallest absolute Gasteiger partial charge is 0.130 e. The molecule has 0 aliphatic carbocycles. The van der Waals surface area contributed by atoms with Gasteiger partial charge in [-0.05, 0) is 39.2 Å². The molecule has 0 radical (unpaired) electrons. The van der Waals surface area contributed by atoms with Crippen LogP contribution in [0.5, 0.6) is 0 Å². The predicted molar refractivity (Wildman–Crippen MR) is 78.0 cm³/mol. The number of rotatable bonds is 6. The third-order valence-corrected chi connectivity index (χ3v) is 3.52. The minimum atomic E-state index is 0.510. The molecule has 1 heterocycles. The quantitative estimate of drug-likeness (QED) is 0.843. The van der Waals surface area contributed by atoms with Gasteiger partial charge in [-0.2, -0.15) is 5.10 Å². The minimum absolute atomic E-state index is 0.510. The monoisotopic (exact) mass is 252 g/mol. The average molecular weight is 252 g/mol. The lowest BCUT2D eigenvalue weighted by atomic mass is 10.0. The second kappa shape index (κ2) is 6.23. The third kappa shape index (κ3) is 3.25. The van der Waals surface area contributed by atoms with Crippen molar-refractivity contribution in [3.8, 4) is 0 Å². The number of hydrogen-bond acceptors (Lipinski definition) is 3. The Labute approximate surface area is 111 Å². The molecule has 0 spiro atoms. The summed E-state index contributed by atoms with van der Waals surface area (Å²) in [4.78, 5) is 2.34. The summed E-state index contributed by atoms with van der Waals surface area (Å²) in [6, 6.07) is 0.510. The van der Waals surface area contributed by atoms with Gasteiger partial charge in [0.2, 0.25) is 0 Å². The SMILES string of the molecule is Cc1nn(C)c(N(C)C(C)CC(C)C)c1CCN. The van der Waals surface area contributed by atoms with Gasteiger partial charge in [0.15, 0.2) is 0 Å². The van der Waals surface area contributed by atoms with Crippen molar-refractivity contribution in [3.63, 3.8) is 0 Å². The number of aromatic nitrogens is 2. The third-order valence-electron chi connectivity index (χ3n) is 3.52. The number of anilines is 1. The number of hydrogen-bond donors (Lipinski definition) is 1. The maximum Gasteiger partial charge on any atom is 0.130 e. The highest BCUT2D eigenvalue weighted by Gasteiger charge is 2.20. The average Bonchev–Trinajstić information content (AvgIpc) is 2.52. The molecule has 1 unspecified atom stereocenters. The minimum Gasteiger partial charge on any atom is -0.357 e. The van der Waals surface area contributed by atoms with Gasteiger partial charge in [-0.3, -0.25) is 4.68 Å². The van der Waals surface area contributed by atoms with Gasteiger partial charge in [0.1, 0.15) is 5.82 Å². The molecule has 0 aliphatic heterocycles. The van der Waals surface area contributed by atoms with E-state index in [1.165, 1.54) is 17.8 Å². The largest absolute Gasteiger partial charge is 0.357 e. The summed E-state index contributed by atoms with van der Waals surface area (Å²) in [6.07, 6.45) is 2.08. The zero-order valence-corrected chi connectivity index (χ0v) is 12.7. The Kier molecular flexibility index (Phi) is 5.20. The summed E-state index contributed by atoms with van der Waals surface area (Å²) in [5.41, 5.74) is 8.10. The van der Waals surface area contributed by atoms with E-state index < -0.39 is 0 Å². The van der Waals surface area contributed by atoms with Crippen LogP contribution in [0.3, 0.4) is 0 Å². The van der Waals surface area contributed by atoms with Crippen LogP contribution < -0.4 is 10.6 Å². The van der Waals surface area contributed by atoms with Crippen molar-refractivity contribution in [2.24, 2.45) is 18.7 Å². The molecule has 1 atom stereocenters. The van der Waals surface area contributed by atoms with E-state index in [9.17, 15) is 0 Å². The summed E-state index contributed by atoms with van der Waals surface area (Å²) in [5, 5.41) is 4.53. The summed E-state index contributed by atoms with van der Waals surface area (Å²) in [7, 11) is 4.17. The molecule has 4 heteroatoms. The van der Waals surface area contributed by atoms with Crippen LogP contribution in [0.2, 0.25) is 0 Å². The Morgan fingerprint density at radius 3 is 2.44 bits per heavy atom. The molecule has 1 rings (SSSR count). The maximum absolute atomic E-state index is 5.71. The number of nitrogens with zero attached hydrogens (tertiary/aromatic N) is 3. The Bertz CT molecular complexity index is 381. The highest BCUT2D eigenvalue weighted by molar-refractivity contribution is 5.50. The lowest BCUT2D eigenvalue weighted by Crippen LogP contribution is -2.32. The van der Waals surface area contributed by atoms with Gasteiger partial charge < -0.3 is 10.6 Å². The lowest BCUT2D eigenvalue weighted by Gasteiger charge is -2.29. The topological polar surface area (TPSA) is 47.1 Å². The zero-order chi connectivity index (χ0) is 13.9. The molecule has 0 aliphatic rings. The van der Waals surface area contributed by atoms with Crippen molar-refractivity contribution < 1.29 is 0 Å². The van der Waals surface area contributed by atoms with E-state index >= 15 is 0 Å². The Balaban J connectivity index is 3.00. The molecule has 0 saturated carbocycles. The first kappa shape index (κ1) is 15.0. The molecule has 1 aromatic rings. The van der Waals surface area contributed by atoms with E-state index in [1.54, 1.807) is 0 Å². The van der Waals surface area contributed by atoms with E-state index in [2.05, 4.69) is 44.7 Å². The standard InChI is InChI=1S/C14H28N4/c1-10(2)9-11(3)17(5)14-13(7-8-15)12(4)16-18(14)6/h10-11H,7-9,15H2,1-6H3. The molecule has 0 amide bonds. The fourth-order valence-electron chi connectivity index (χ4n) is 2.62. The molecular weight excluding hydrogens is 224 g/mol. The van der Waals surface area contributed by atoms with E-state index in [-0.39, 0.29) is 0 Å². The van der Waals surface area contributed by atoms with E-state index in [0.29, 0.717) is 18.5 Å². The molecular formula is C14H28N4. The van der Waals surface area contributed by atoms with Gasteiger partial charge in [-0.15, -0.1) is 0 Å².